The third-order valence-electron chi connectivity index (χ3n) is 4.68. The molecule has 3 aromatic rings. The Kier molecular flexibility index (Phi) is 7.93. The zero-order valence-corrected chi connectivity index (χ0v) is 19.9. The Morgan fingerprint density at radius 2 is 1.74 bits per heavy atom. The molecule has 0 atom stereocenters. The number of methoxy groups -OCH3 is 1. The van der Waals surface area contributed by atoms with Crippen molar-refractivity contribution in [3.05, 3.63) is 94.5 Å². The zero-order valence-electron chi connectivity index (χ0n) is 18.3. The SMILES string of the molecule is COc1ccccc1NS(=O)(=O)c1cccc(C(=O)NNC(=O)/C=C/c2ccc(C)c(Cl)c2)c1. The van der Waals surface area contributed by atoms with Crippen LogP contribution in [0.1, 0.15) is 21.5 Å². The molecule has 3 rings (SSSR count). The Morgan fingerprint density at radius 1 is 0.971 bits per heavy atom. The van der Waals surface area contributed by atoms with Crippen LogP contribution in [0.25, 0.3) is 6.08 Å². The number of ether oxygens (including phenoxy) is 1. The Hall–Kier alpha value is -3.82. The van der Waals surface area contributed by atoms with Crippen LogP contribution in [-0.2, 0) is 14.8 Å². The lowest BCUT2D eigenvalue weighted by Crippen LogP contribution is -2.40. The first-order valence-electron chi connectivity index (χ1n) is 10.00. The van der Waals surface area contributed by atoms with Gasteiger partial charge >= 0.3 is 0 Å². The Labute approximate surface area is 202 Å². The fraction of sp³-hybridized carbons (Fsp3) is 0.0833. The van der Waals surface area contributed by atoms with Crippen molar-refractivity contribution in [1.82, 2.24) is 10.9 Å². The maximum absolute atomic E-state index is 12.8. The molecule has 0 heterocycles. The lowest BCUT2D eigenvalue weighted by atomic mass is 10.1. The number of amides is 2. The summed E-state index contributed by atoms with van der Waals surface area (Å²) in [6.45, 7) is 1.87. The molecule has 0 saturated heterocycles. The van der Waals surface area contributed by atoms with E-state index in [-0.39, 0.29) is 16.1 Å². The van der Waals surface area contributed by atoms with Crippen LogP contribution in [0, 0.1) is 6.92 Å². The van der Waals surface area contributed by atoms with Gasteiger partial charge in [0.05, 0.1) is 17.7 Å². The molecule has 0 aliphatic rings. The van der Waals surface area contributed by atoms with Gasteiger partial charge < -0.3 is 4.74 Å². The Morgan fingerprint density at radius 3 is 2.47 bits per heavy atom. The van der Waals surface area contributed by atoms with Crippen molar-refractivity contribution in [3.63, 3.8) is 0 Å². The number of carbonyl (C=O) groups excluding carboxylic acids is 2. The fourth-order valence-electron chi connectivity index (χ4n) is 2.85. The minimum absolute atomic E-state index is 0.0393. The second-order valence-corrected chi connectivity index (χ2v) is 9.21. The predicted octanol–water partition coefficient (Wildman–Crippen LogP) is 3.93. The van der Waals surface area contributed by atoms with Crippen LogP contribution in [-0.4, -0.2) is 27.3 Å². The van der Waals surface area contributed by atoms with Crippen LogP contribution in [0.3, 0.4) is 0 Å². The molecule has 0 unspecified atom stereocenters. The maximum Gasteiger partial charge on any atom is 0.269 e. The molecular weight excluding hydrogens is 478 g/mol. The van der Waals surface area contributed by atoms with E-state index in [9.17, 15) is 18.0 Å². The molecule has 3 N–H and O–H groups in total. The number of anilines is 1. The minimum atomic E-state index is -4.00. The van der Waals surface area contributed by atoms with E-state index in [0.717, 1.165) is 11.1 Å². The van der Waals surface area contributed by atoms with E-state index in [0.29, 0.717) is 10.8 Å². The molecule has 0 spiro atoms. The van der Waals surface area contributed by atoms with Crippen molar-refractivity contribution >= 4 is 45.2 Å². The molecule has 34 heavy (non-hydrogen) atoms. The van der Waals surface area contributed by atoms with Gasteiger partial charge in [-0.2, -0.15) is 0 Å². The van der Waals surface area contributed by atoms with Gasteiger partial charge in [-0.25, -0.2) is 8.42 Å². The molecule has 176 valence electrons. The van der Waals surface area contributed by atoms with Gasteiger partial charge in [0.2, 0.25) is 0 Å². The van der Waals surface area contributed by atoms with Gasteiger partial charge in [0.25, 0.3) is 21.8 Å². The molecular formula is C24H22ClN3O5S. The van der Waals surface area contributed by atoms with Crippen LogP contribution >= 0.6 is 11.6 Å². The van der Waals surface area contributed by atoms with Crippen molar-refractivity contribution in [2.24, 2.45) is 0 Å². The number of carbonyl (C=O) groups is 2. The van der Waals surface area contributed by atoms with E-state index in [1.54, 1.807) is 42.5 Å². The number of hydrogen-bond acceptors (Lipinski definition) is 5. The van der Waals surface area contributed by atoms with Crippen LogP contribution in [0.2, 0.25) is 5.02 Å². The molecule has 0 fully saturated rings. The molecule has 10 heteroatoms. The number of rotatable bonds is 7. The first kappa shape index (κ1) is 24.8. The second kappa shape index (κ2) is 10.9. The number of hydrogen-bond donors (Lipinski definition) is 3. The Balaban J connectivity index is 1.65. The summed E-state index contributed by atoms with van der Waals surface area (Å²) in [5.41, 5.74) is 6.43. The molecule has 3 aromatic carbocycles. The summed E-state index contributed by atoms with van der Waals surface area (Å²) in [4.78, 5) is 24.3. The monoisotopic (exact) mass is 499 g/mol. The molecule has 0 aromatic heterocycles. The molecule has 0 aliphatic carbocycles. The van der Waals surface area contributed by atoms with Crippen LogP contribution in [0.5, 0.6) is 5.75 Å². The van der Waals surface area contributed by atoms with Gasteiger partial charge in [0.15, 0.2) is 0 Å². The van der Waals surface area contributed by atoms with Gasteiger partial charge in [0.1, 0.15) is 5.75 Å². The summed E-state index contributed by atoms with van der Waals surface area (Å²) >= 11 is 6.06. The third kappa shape index (κ3) is 6.37. The van der Waals surface area contributed by atoms with Crippen LogP contribution < -0.4 is 20.3 Å². The van der Waals surface area contributed by atoms with Gasteiger partial charge in [-0.1, -0.05) is 41.9 Å². The smallest absolute Gasteiger partial charge is 0.269 e. The number of halogens is 1. The van der Waals surface area contributed by atoms with Gasteiger partial charge in [0, 0.05) is 16.7 Å². The van der Waals surface area contributed by atoms with Crippen molar-refractivity contribution in [2.75, 3.05) is 11.8 Å². The van der Waals surface area contributed by atoms with Gasteiger partial charge in [-0.05, 0) is 60.5 Å². The predicted molar refractivity (Wildman–Crippen MR) is 131 cm³/mol. The van der Waals surface area contributed by atoms with E-state index in [4.69, 9.17) is 16.3 Å². The number of benzene rings is 3. The first-order chi connectivity index (χ1) is 16.2. The van der Waals surface area contributed by atoms with Crippen LogP contribution in [0.4, 0.5) is 5.69 Å². The topological polar surface area (TPSA) is 114 Å². The maximum atomic E-state index is 12.8. The average Bonchev–Trinajstić information content (AvgIpc) is 2.83. The molecule has 0 aliphatic heterocycles. The first-order valence-corrected chi connectivity index (χ1v) is 11.9. The van der Waals surface area contributed by atoms with E-state index in [2.05, 4.69) is 15.6 Å². The largest absolute Gasteiger partial charge is 0.495 e. The van der Waals surface area contributed by atoms with E-state index >= 15 is 0 Å². The van der Waals surface area contributed by atoms with Crippen molar-refractivity contribution in [1.29, 1.82) is 0 Å². The van der Waals surface area contributed by atoms with Gasteiger partial charge in [-0.15, -0.1) is 0 Å². The number of aryl methyl sites for hydroxylation is 1. The second-order valence-electron chi connectivity index (χ2n) is 7.12. The summed E-state index contributed by atoms with van der Waals surface area (Å²) in [5.74, 6) is -0.912. The fourth-order valence-corrected chi connectivity index (χ4v) is 4.16. The molecule has 0 saturated carbocycles. The zero-order chi connectivity index (χ0) is 24.7. The lowest BCUT2D eigenvalue weighted by molar-refractivity contribution is -0.117. The molecule has 0 radical (unpaired) electrons. The average molecular weight is 500 g/mol. The van der Waals surface area contributed by atoms with Crippen molar-refractivity contribution < 1.29 is 22.7 Å². The number of sulfonamides is 1. The number of para-hydroxylation sites is 2. The number of nitrogens with one attached hydrogen (secondary N) is 3. The van der Waals surface area contributed by atoms with Crippen molar-refractivity contribution in [2.45, 2.75) is 11.8 Å². The lowest BCUT2D eigenvalue weighted by Gasteiger charge is -2.12. The minimum Gasteiger partial charge on any atom is -0.495 e. The quantitative estimate of drug-likeness (QED) is 0.336. The third-order valence-corrected chi connectivity index (χ3v) is 6.45. The summed E-state index contributed by atoms with van der Waals surface area (Å²) in [6.07, 6.45) is 2.78. The van der Waals surface area contributed by atoms with E-state index < -0.39 is 21.8 Å². The molecule has 8 nitrogen and oxygen atoms in total. The summed E-state index contributed by atoms with van der Waals surface area (Å²) in [6, 6.07) is 17.3. The van der Waals surface area contributed by atoms with Crippen LogP contribution in [0.15, 0.2) is 77.7 Å². The molecule has 2 amide bonds. The highest BCUT2D eigenvalue weighted by Crippen LogP contribution is 2.26. The van der Waals surface area contributed by atoms with E-state index in [1.165, 1.54) is 37.5 Å². The highest BCUT2D eigenvalue weighted by atomic mass is 35.5. The highest BCUT2D eigenvalue weighted by Gasteiger charge is 2.18. The molecule has 0 bridgehead atoms. The van der Waals surface area contributed by atoms with E-state index in [1.807, 2.05) is 13.0 Å². The number of hydrazine groups is 1. The Bertz CT molecular complexity index is 1360. The standard InChI is InChI=1S/C24H22ClN3O5S/c1-16-10-11-17(14-20(16)25)12-13-23(29)26-27-24(30)18-6-5-7-19(15-18)34(31,32)28-21-8-3-4-9-22(21)33-2/h3-15,28H,1-2H3,(H,26,29)(H,27,30)/b13-12+. The highest BCUT2D eigenvalue weighted by molar-refractivity contribution is 7.92. The summed E-state index contributed by atoms with van der Waals surface area (Å²) in [7, 11) is -2.57. The summed E-state index contributed by atoms with van der Waals surface area (Å²) < 4.78 is 33.2. The summed E-state index contributed by atoms with van der Waals surface area (Å²) in [5, 5.41) is 0.575. The van der Waals surface area contributed by atoms with Gasteiger partial charge in [-0.3, -0.25) is 25.2 Å². The van der Waals surface area contributed by atoms with Crippen molar-refractivity contribution in [3.8, 4) is 5.75 Å². The normalized spacial score (nSPS) is 11.1.